The van der Waals surface area contributed by atoms with Gasteiger partial charge in [0.1, 0.15) is 5.65 Å². The van der Waals surface area contributed by atoms with Crippen LogP contribution < -0.4 is 5.32 Å². The van der Waals surface area contributed by atoms with E-state index in [-0.39, 0.29) is 12.0 Å². The molecule has 1 aliphatic rings. The number of fused-ring (bicyclic) bond motifs is 1. The van der Waals surface area contributed by atoms with Gasteiger partial charge in [0.25, 0.3) is 0 Å². The average Bonchev–Trinajstić information content (AvgIpc) is 3.33. The van der Waals surface area contributed by atoms with E-state index in [1.807, 2.05) is 24.3 Å². The minimum absolute atomic E-state index is 0.0407. The van der Waals surface area contributed by atoms with Crippen molar-refractivity contribution >= 4 is 16.9 Å². The zero-order valence-corrected chi connectivity index (χ0v) is 14.6. The number of hydrogen-bond donors (Lipinski definition) is 1. The predicted octanol–water partition coefficient (Wildman–Crippen LogP) is 2.78. The van der Waals surface area contributed by atoms with Crippen molar-refractivity contribution in [3.8, 4) is 11.3 Å². The van der Waals surface area contributed by atoms with E-state index >= 15 is 0 Å². The van der Waals surface area contributed by atoms with Crippen molar-refractivity contribution in [3.63, 3.8) is 0 Å². The molecule has 26 heavy (non-hydrogen) atoms. The number of ether oxygens (including phenoxy) is 1. The molecule has 0 bridgehead atoms. The molecule has 3 aromatic rings. The summed E-state index contributed by atoms with van der Waals surface area (Å²) < 4.78 is 7.66. The summed E-state index contributed by atoms with van der Waals surface area (Å²) >= 11 is 0. The van der Waals surface area contributed by atoms with Crippen molar-refractivity contribution < 1.29 is 9.53 Å². The monoisotopic (exact) mass is 350 g/mol. The molecule has 6 heteroatoms. The van der Waals surface area contributed by atoms with Crippen LogP contribution in [0.25, 0.3) is 22.3 Å². The third-order valence-electron chi connectivity index (χ3n) is 4.75. The van der Waals surface area contributed by atoms with Crippen LogP contribution >= 0.6 is 0 Å². The van der Waals surface area contributed by atoms with E-state index < -0.39 is 0 Å². The van der Waals surface area contributed by atoms with E-state index in [1.54, 1.807) is 18.6 Å². The molecule has 0 spiro atoms. The van der Waals surface area contributed by atoms with Crippen LogP contribution in [0.1, 0.15) is 19.3 Å². The van der Waals surface area contributed by atoms with Gasteiger partial charge in [0.15, 0.2) is 0 Å². The molecule has 0 saturated carbocycles. The molecule has 0 aromatic carbocycles. The van der Waals surface area contributed by atoms with E-state index in [4.69, 9.17) is 4.74 Å². The van der Waals surface area contributed by atoms with Crippen molar-refractivity contribution in [2.45, 2.75) is 31.9 Å². The van der Waals surface area contributed by atoms with Crippen LogP contribution in [-0.2, 0) is 16.1 Å². The Bertz CT molecular complexity index is 885. The molecule has 1 N–H and O–H groups in total. The fourth-order valence-electron chi connectivity index (χ4n) is 3.41. The Morgan fingerprint density at radius 1 is 1.27 bits per heavy atom. The molecule has 1 amide bonds. The number of rotatable bonds is 6. The lowest BCUT2D eigenvalue weighted by Crippen LogP contribution is -2.32. The second kappa shape index (κ2) is 7.66. The summed E-state index contributed by atoms with van der Waals surface area (Å²) in [6, 6.07) is 10.0. The first-order valence-electron chi connectivity index (χ1n) is 9.04. The van der Waals surface area contributed by atoms with Crippen LogP contribution in [0.15, 0.2) is 48.9 Å². The summed E-state index contributed by atoms with van der Waals surface area (Å²) in [5.41, 5.74) is 3.01. The SMILES string of the molecule is O=C(CCn1c(-c2ccncc2)cc2cccnc21)NCC1CCCO1. The quantitative estimate of drug-likeness (QED) is 0.742. The smallest absolute Gasteiger partial charge is 0.221 e. The Kier molecular flexibility index (Phi) is 4.93. The number of nitrogens with zero attached hydrogens (tertiary/aromatic N) is 3. The largest absolute Gasteiger partial charge is 0.376 e. The number of aromatic nitrogens is 3. The molecular formula is C20H22N4O2. The van der Waals surface area contributed by atoms with Gasteiger partial charge in [-0.05, 0) is 43.2 Å². The molecule has 0 aliphatic carbocycles. The van der Waals surface area contributed by atoms with E-state index in [0.29, 0.717) is 19.5 Å². The van der Waals surface area contributed by atoms with E-state index in [9.17, 15) is 4.79 Å². The summed E-state index contributed by atoms with van der Waals surface area (Å²) in [5.74, 6) is 0.0407. The average molecular weight is 350 g/mol. The second-order valence-corrected chi connectivity index (χ2v) is 6.52. The van der Waals surface area contributed by atoms with Gasteiger partial charge in [-0.15, -0.1) is 0 Å². The zero-order chi connectivity index (χ0) is 17.8. The van der Waals surface area contributed by atoms with Crippen molar-refractivity contribution in [2.24, 2.45) is 0 Å². The molecule has 134 valence electrons. The lowest BCUT2D eigenvalue weighted by atomic mass is 10.2. The van der Waals surface area contributed by atoms with E-state index in [2.05, 4.69) is 25.9 Å². The molecule has 3 aromatic heterocycles. The van der Waals surface area contributed by atoms with Crippen LogP contribution in [0, 0.1) is 0 Å². The highest BCUT2D eigenvalue weighted by Gasteiger charge is 2.17. The third-order valence-corrected chi connectivity index (χ3v) is 4.75. The molecule has 1 unspecified atom stereocenters. The Hall–Kier alpha value is -2.73. The minimum Gasteiger partial charge on any atom is -0.376 e. The number of pyridine rings is 2. The topological polar surface area (TPSA) is 69.0 Å². The van der Waals surface area contributed by atoms with Gasteiger partial charge in [-0.25, -0.2) is 4.98 Å². The summed E-state index contributed by atoms with van der Waals surface area (Å²) in [4.78, 5) is 20.9. The maximum absolute atomic E-state index is 12.3. The maximum Gasteiger partial charge on any atom is 0.221 e. The molecule has 0 radical (unpaired) electrons. The molecule has 1 aliphatic heterocycles. The van der Waals surface area contributed by atoms with Crippen LogP contribution in [0.2, 0.25) is 0 Å². The van der Waals surface area contributed by atoms with Crippen LogP contribution in [-0.4, -0.2) is 39.7 Å². The highest BCUT2D eigenvalue weighted by Crippen LogP contribution is 2.27. The Balaban J connectivity index is 1.50. The van der Waals surface area contributed by atoms with Gasteiger partial charge < -0.3 is 14.6 Å². The first kappa shape index (κ1) is 16.7. The molecule has 1 saturated heterocycles. The van der Waals surface area contributed by atoms with Crippen LogP contribution in [0.4, 0.5) is 0 Å². The van der Waals surface area contributed by atoms with Crippen molar-refractivity contribution in [1.29, 1.82) is 0 Å². The highest BCUT2D eigenvalue weighted by atomic mass is 16.5. The number of carbonyl (C=O) groups is 1. The van der Waals surface area contributed by atoms with E-state index in [1.165, 1.54) is 0 Å². The standard InChI is InChI=1S/C20H22N4O2/c25-19(23-14-17-4-2-12-26-17)7-11-24-18(15-5-9-21-10-6-15)13-16-3-1-8-22-20(16)24/h1,3,5-6,8-10,13,17H,2,4,7,11-12,14H2,(H,23,25). The first-order valence-corrected chi connectivity index (χ1v) is 9.04. The van der Waals surface area contributed by atoms with Crippen molar-refractivity contribution in [3.05, 3.63) is 48.9 Å². The Labute approximate surface area is 152 Å². The minimum atomic E-state index is 0.0407. The number of aryl methyl sites for hydroxylation is 1. The molecule has 1 atom stereocenters. The molecule has 4 heterocycles. The summed E-state index contributed by atoms with van der Waals surface area (Å²) in [7, 11) is 0. The van der Waals surface area contributed by atoms with Crippen molar-refractivity contribution in [2.75, 3.05) is 13.2 Å². The first-order chi connectivity index (χ1) is 12.8. The van der Waals surface area contributed by atoms with Gasteiger partial charge in [0.2, 0.25) is 5.91 Å². The second-order valence-electron chi connectivity index (χ2n) is 6.52. The van der Waals surface area contributed by atoms with E-state index in [0.717, 1.165) is 41.7 Å². The number of carbonyl (C=O) groups excluding carboxylic acids is 1. The summed E-state index contributed by atoms with van der Waals surface area (Å²) in [6.07, 6.45) is 8.02. The number of nitrogens with one attached hydrogen (secondary N) is 1. The van der Waals surface area contributed by atoms with Gasteiger partial charge in [0.05, 0.1) is 11.8 Å². The predicted molar refractivity (Wildman–Crippen MR) is 99.6 cm³/mol. The Morgan fingerprint density at radius 3 is 2.96 bits per heavy atom. The highest BCUT2D eigenvalue weighted by molar-refractivity contribution is 5.84. The summed E-state index contributed by atoms with van der Waals surface area (Å²) in [5, 5.41) is 4.06. The van der Waals surface area contributed by atoms with Crippen LogP contribution in [0.3, 0.4) is 0 Å². The zero-order valence-electron chi connectivity index (χ0n) is 14.6. The van der Waals surface area contributed by atoms with Gasteiger partial charge in [0, 0.05) is 55.7 Å². The molecule has 1 fully saturated rings. The molecular weight excluding hydrogens is 328 g/mol. The van der Waals surface area contributed by atoms with Gasteiger partial charge in [-0.2, -0.15) is 0 Å². The third kappa shape index (κ3) is 3.60. The lowest BCUT2D eigenvalue weighted by molar-refractivity contribution is -0.121. The lowest BCUT2D eigenvalue weighted by Gasteiger charge is -2.13. The maximum atomic E-state index is 12.3. The van der Waals surface area contributed by atoms with Crippen LogP contribution in [0.5, 0.6) is 0 Å². The molecule has 4 rings (SSSR count). The molecule has 6 nitrogen and oxygen atoms in total. The fourth-order valence-corrected chi connectivity index (χ4v) is 3.41. The summed E-state index contributed by atoms with van der Waals surface area (Å²) in [6.45, 7) is 1.98. The normalized spacial score (nSPS) is 16.8. The van der Waals surface area contributed by atoms with Gasteiger partial charge >= 0.3 is 0 Å². The number of amides is 1. The fraction of sp³-hybridized carbons (Fsp3) is 0.350. The Morgan fingerprint density at radius 2 is 2.15 bits per heavy atom. The van der Waals surface area contributed by atoms with Crippen molar-refractivity contribution in [1.82, 2.24) is 19.9 Å². The number of hydrogen-bond acceptors (Lipinski definition) is 4. The van der Waals surface area contributed by atoms with Gasteiger partial charge in [-0.3, -0.25) is 9.78 Å². The van der Waals surface area contributed by atoms with Gasteiger partial charge in [-0.1, -0.05) is 0 Å².